The highest BCUT2D eigenvalue weighted by Crippen LogP contribution is 2.29. The first-order valence-electron chi connectivity index (χ1n) is 7.84. The van der Waals surface area contributed by atoms with E-state index in [4.69, 9.17) is 6.42 Å². The van der Waals surface area contributed by atoms with Crippen molar-refractivity contribution in [2.75, 3.05) is 0 Å². The van der Waals surface area contributed by atoms with E-state index in [1.807, 2.05) is 6.92 Å². The Morgan fingerprint density at radius 1 is 0.826 bits per heavy atom. The summed E-state index contributed by atoms with van der Waals surface area (Å²) in [6.45, 7) is 6.22. The van der Waals surface area contributed by atoms with Crippen molar-refractivity contribution in [1.82, 2.24) is 0 Å². The van der Waals surface area contributed by atoms with E-state index in [1.54, 1.807) is 0 Å². The first-order chi connectivity index (χ1) is 11.1. The molecule has 0 saturated carbocycles. The minimum absolute atomic E-state index is 0.986. The molecular weight excluding hydrogens is 276 g/mol. The van der Waals surface area contributed by atoms with Crippen LogP contribution in [0.4, 0.5) is 0 Å². The van der Waals surface area contributed by atoms with Gasteiger partial charge in [0.1, 0.15) is 0 Å². The Kier molecular flexibility index (Phi) is 4.04. The molecule has 0 aliphatic rings. The molecule has 0 aromatic heterocycles. The zero-order valence-corrected chi connectivity index (χ0v) is 13.9. The Hall–Kier alpha value is -2.78. The molecule has 0 unspecified atom stereocenters. The number of aryl methyl sites for hydroxylation is 1. The highest BCUT2D eigenvalue weighted by molar-refractivity contribution is 5.88. The molecule has 0 aliphatic carbocycles. The Labute approximate surface area is 138 Å². The third-order valence-corrected chi connectivity index (χ3v) is 4.37. The van der Waals surface area contributed by atoms with E-state index in [-0.39, 0.29) is 0 Å². The van der Waals surface area contributed by atoms with Crippen LogP contribution >= 0.6 is 0 Å². The molecule has 0 atom stereocenters. The fourth-order valence-electron chi connectivity index (χ4n) is 2.86. The smallest absolute Gasteiger partial charge is 0.00217 e. The van der Waals surface area contributed by atoms with Gasteiger partial charge in [0.05, 0.1) is 0 Å². The molecule has 0 amide bonds. The molecular formula is C23H20. The van der Waals surface area contributed by atoms with Crippen LogP contribution in [0, 0.1) is 19.3 Å². The van der Waals surface area contributed by atoms with Gasteiger partial charge < -0.3 is 0 Å². The molecule has 0 nitrogen and oxygen atoms in total. The number of allylic oxidation sites excluding steroid dienone is 2. The van der Waals surface area contributed by atoms with Gasteiger partial charge in [-0.1, -0.05) is 54.5 Å². The molecule has 23 heavy (non-hydrogen) atoms. The van der Waals surface area contributed by atoms with Crippen LogP contribution in [0.3, 0.4) is 0 Å². The first-order valence-corrected chi connectivity index (χ1v) is 7.84. The summed E-state index contributed by atoms with van der Waals surface area (Å²) in [7, 11) is 0. The molecule has 3 rings (SSSR count). The number of hydrogen-bond donors (Lipinski definition) is 0. The lowest BCUT2D eigenvalue weighted by atomic mass is 9.94. The van der Waals surface area contributed by atoms with Crippen LogP contribution in [0.5, 0.6) is 0 Å². The van der Waals surface area contributed by atoms with Crippen molar-refractivity contribution in [3.63, 3.8) is 0 Å². The van der Waals surface area contributed by atoms with Crippen molar-refractivity contribution < 1.29 is 0 Å². The summed E-state index contributed by atoms with van der Waals surface area (Å²) in [6.07, 6.45) is 5.55. The lowest BCUT2D eigenvalue weighted by Crippen LogP contribution is -1.88. The topological polar surface area (TPSA) is 0 Å². The number of hydrogen-bond acceptors (Lipinski definition) is 0. The maximum absolute atomic E-state index is 5.55. The van der Waals surface area contributed by atoms with Crippen LogP contribution in [0.2, 0.25) is 0 Å². The van der Waals surface area contributed by atoms with Gasteiger partial charge in [-0.05, 0) is 71.5 Å². The van der Waals surface area contributed by atoms with Crippen molar-refractivity contribution in [2.45, 2.75) is 20.8 Å². The lowest BCUT2D eigenvalue weighted by Gasteiger charge is -2.10. The van der Waals surface area contributed by atoms with Crippen molar-refractivity contribution in [3.8, 4) is 23.5 Å². The molecule has 0 saturated heterocycles. The van der Waals surface area contributed by atoms with E-state index >= 15 is 0 Å². The zero-order valence-electron chi connectivity index (χ0n) is 13.9. The summed E-state index contributed by atoms with van der Waals surface area (Å²) in [5.74, 6) is 2.75. The number of benzene rings is 3. The monoisotopic (exact) mass is 296 g/mol. The molecule has 0 spiro atoms. The number of terminal acetylenes is 1. The van der Waals surface area contributed by atoms with Crippen LogP contribution in [0.1, 0.15) is 25.0 Å². The van der Waals surface area contributed by atoms with E-state index in [0.717, 1.165) is 5.57 Å². The van der Waals surface area contributed by atoms with Crippen LogP contribution in [-0.2, 0) is 0 Å². The minimum atomic E-state index is 0.986. The van der Waals surface area contributed by atoms with Gasteiger partial charge in [-0.15, -0.1) is 6.42 Å². The highest BCUT2D eigenvalue weighted by atomic mass is 14.1. The van der Waals surface area contributed by atoms with Gasteiger partial charge in [-0.2, -0.15) is 0 Å². The quantitative estimate of drug-likeness (QED) is 0.491. The third-order valence-electron chi connectivity index (χ3n) is 4.37. The van der Waals surface area contributed by atoms with Gasteiger partial charge in [0.2, 0.25) is 0 Å². The largest absolute Gasteiger partial charge is 0.115 e. The molecule has 0 N–H and O–H groups in total. The van der Waals surface area contributed by atoms with Gasteiger partial charge in [-0.3, -0.25) is 0 Å². The van der Waals surface area contributed by atoms with Gasteiger partial charge in [0.15, 0.2) is 0 Å². The molecule has 3 aromatic carbocycles. The SMILES string of the molecule is C#C/C(C)=C(/C)c1cc(C)cc(-c2ccc3ccccc3c2)c1. The molecule has 0 aliphatic heterocycles. The summed E-state index contributed by atoms with van der Waals surface area (Å²) in [5.41, 5.74) is 7.06. The van der Waals surface area contributed by atoms with Gasteiger partial charge >= 0.3 is 0 Å². The Morgan fingerprint density at radius 2 is 1.57 bits per heavy atom. The number of rotatable bonds is 2. The summed E-state index contributed by atoms with van der Waals surface area (Å²) < 4.78 is 0. The highest BCUT2D eigenvalue weighted by Gasteiger charge is 2.05. The fourth-order valence-corrected chi connectivity index (χ4v) is 2.86. The van der Waals surface area contributed by atoms with Gasteiger partial charge in [0.25, 0.3) is 0 Å². The second-order valence-electron chi connectivity index (χ2n) is 6.04. The number of fused-ring (bicyclic) bond motifs is 1. The van der Waals surface area contributed by atoms with Crippen molar-refractivity contribution in [1.29, 1.82) is 0 Å². The summed E-state index contributed by atoms with van der Waals surface area (Å²) in [5, 5.41) is 2.53. The Bertz CT molecular complexity index is 949. The molecule has 3 aromatic rings. The average molecular weight is 296 g/mol. The maximum atomic E-state index is 5.55. The predicted molar refractivity (Wildman–Crippen MR) is 101 cm³/mol. The predicted octanol–water partition coefficient (Wildman–Crippen LogP) is 6.24. The second kappa shape index (κ2) is 6.15. The second-order valence-corrected chi connectivity index (χ2v) is 6.04. The molecule has 112 valence electrons. The minimum Gasteiger partial charge on any atom is -0.115 e. The van der Waals surface area contributed by atoms with E-state index in [0.29, 0.717) is 0 Å². The summed E-state index contributed by atoms with van der Waals surface area (Å²) in [4.78, 5) is 0. The fraction of sp³-hybridized carbons (Fsp3) is 0.130. The Morgan fingerprint density at radius 3 is 2.30 bits per heavy atom. The standard InChI is InChI=1S/C23H20/c1-5-17(3)18(4)22-12-16(2)13-23(15-22)21-11-10-19-8-6-7-9-20(19)14-21/h1,6-15H,2-4H3/b18-17-. The van der Waals surface area contributed by atoms with E-state index in [2.05, 4.69) is 80.4 Å². The Balaban J connectivity index is 2.15. The summed E-state index contributed by atoms with van der Waals surface area (Å²) >= 11 is 0. The molecule has 0 bridgehead atoms. The van der Waals surface area contributed by atoms with E-state index in [1.165, 1.54) is 38.6 Å². The third kappa shape index (κ3) is 3.05. The maximum Gasteiger partial charge on any atom is 0.00217 e. The van der Waals surface area contributed by atoms with Crippen LogP contribution in [0.15, 0.2) is 66.2 Å². The molecule has 0 heteroatoms. The lowest BCUT2D eigenvalue weighted by molar-refractivity contribution is 1.41. The van der Waals surface area contributed by atoms with E-state index < -0.39 is 0 Å². The van der Waals surface area contributed by atoms with Crippen LogP contribution < -0.4 is 0 Å². The molecule has 0 heterocycles. The average Bonchev–Trinajstić information content (AvgIpc) is 2.59. The van der Waals surface area contributed by atoms with Crippen LogP contribution in [0.25, 0.3) is 27.5 Å². The van der Waals surface area contributed by atoms with Crippen LogP contribution in [-0.4, -0.2) is 0 Å². The zero-order chi connectivity index (χ0) is 16.4. The van der Waals surface area contributed by atoms with Gasteiger partial charge in [0, 0.05) is 5.57 Å². The summed E-state index contributed by atoms with van der Waals surface area (Å²) in [6, 6.07) is 21.7. The van der Waals surface area contributed by atoms with E-state index in [9.17, 15) is 0 Å². The van der Waals surface area contributed by atoms with Crippen molar-refractivity contribution in [2.24, 2.45) is 0 Å². The normalized spacial score (nSPS) is 11.9. The first kappa shape index (κ1) is 15.1. The molecule has 0 radical (unpaired) electrons. The molecule has 0 fully saturated rings. The van der Waals surface area contributed by atoms with Crippen molar-refractivity contribution in [3.05, 3.63) is 77.4 Å². The van der Waals surface area contributed by atoms with Gasteiger partial charge in [-0.25, -0.2) is 0 Å². The van der Waals surface area contributed by atoms with Crippen molar-refractivity contribution >= 4 is 16.3 Å².